The van der Waals surface area contributed by atoms with Gasteiger partial charge in [0, 0.05) is 22.8 Å². The highest BCUT2D eigenvalue weighted by molar-refractivity contribution is 7.16. The summed E-state index contributed by atoms with van der Waals surface area (Å²) in [6.45, 7) is 6.18. The van der Waals surface area contributed by atoms with Crippen molar-refractivity contribution in [3.8, 4) is 0 Å². The maximum absolute atomic E-state index is 11.8. The zero-order valence-electron chi connectivity index (χ0n) is 12.8. The SMILES string of the molecule is CC(C)(C)OC(=O)Nc1cccc(NCc2ccc(Cl)s2)c1. The molecule has 118 valence electrons. The standard InChI is InChI=1S/C16H19ClN2O2S/c1-16(2,3)21-15(20)19-12-6-4-5-11(9-12)18-10-13-7-8-14(17)22-13/h4-9,18H,10H2,1-3H3,(H,19,20). The van der Waals surface area contributed by atoms with Gasteiger partial charge in [0.1, 0.15) is 5.60 Å². The number of halogens is 1. The fourth-order valence-corrected chi connectivity index (χ4v) is 2.79. The molecule has 1 aromatic heterocycles. The predicted molar refractivity (Wildman–Crippen MR) is 93.0 cm³/mol. The maximum Gasteiger partial charge on any atom is 0.412 e. The first-order valence-corrected chi connectivity index (χ1v) is 8.09. The van der Waals surface area contributed by atoms with Crippen LogP contribution >= 0.6 is 22.9 Å². The highest BCUT2D eigenvalue weighted by Crippen LogP contribution is 2.23. The lowest BCUT2D eigenvalue weighted by Gasteiger charge is -2.19. The number of hydrogen-bond donors (Lipinski definition) is 2. The molecule has 0 spiro atoms. The second-order valence-electron chi connectivity index (χ2n) is 5.77. The van der Waals surface area contributed by atoms with E-state index in [4.69, 9.17) is 16.3 Å². The number of hydrogen-bond acceptors (Lipinski definition) is 4. The average Bonchev–Trinajstić information content (AvgIpc) is 2.80. The minimum Gasteiger partial charge on any atom is -0.444 e. The first-order valence-electron chi connectivity index (χ1n) is 6.90. The quantitative estimate of drug-likeness (QED) is 0.788. The summed E-state index contributed by atoms with van der Waals surface area (Å²) in [7, 11) is 0. The summed E-state index contributed by atoms with van der Waals surface area (Å²) in [6.07, 6.45) is -0.463. The van der Waals surface area contributed by atoms with Crippen LogP contribution in [0.4, 0.5) is 16.2 Å². The molecule has 22 heavy (non-hydrogen) atoms. The third-order valence-electron chi connectivity index (χ3n) is 2.60. The number of nitrogens with one attached hydrogen (secondary N) is 2. The first kappa shape index (κ1) is 16.6. The molecule has 0 atom stereocenters. The smallest absolute Gasteiger partial charge is 0.412 e. The van der Waals surface area contributed by atoms with Crippen molar-refractivity contribution in [2.75, 3.05) is 10.6 Å². The number of rotatable bonds is 4. The fraction of sp³-hybridized carbons (Fsp3) is 0.312. The van der Waals surface area contributed by atoms with E-state index in [0.717, 1.165) is 14.9 Å². The Bertz CT molecular complexity index is 650. The molecule has 0 fully saturated rings. The normalized spacial score (nSPS) is 11.1. The molecule has 0 aliphatic heterocycles. The van der Waals surface area contributed by atoms with Gasteiger partial charge in [-0.05, 0) is 51.1 Å². The van der Waals surface area contributed by atoms with Crippen LogP contribution in [0.25, 0.3) is 0 Å². The lowest BCUT2D eigenvalue weighted by atomic mass is 10.2. The van der Waals surface area contributed by atoms with Gasteiger partial charge in [-0.2, -0.15) is 0 Å². The number of amides is 1. The molecule has 2 aromatic rings. The molecular weight excluding hydrogens is 320 g/mol. The summed E-state index contributed by atoms with van der Waals surface area (Å²) in [6, 6.07) is 11.4. The van der Waals surface area contributed by atoms with Crippen molar-refractivity contribution in [1.82, 2.24) is 0 Å². The third kappa shape index (κ3) is 5.58. The molecular formula is C16H19ClN2O2S. The van der Waals surface area contributed by atoms with Gasteiger partial charge in [-0.15, -0.1) is 11.3 Å². The summed E-state index contributed by atoms with van der Waals surface area (Å²) in [5.41, 5.74) is 1.08. The third-order valence-corrected chi connectivity index (χ3v) is 3.83. The Kier molecular flexibility index (Phi) is 5.32. The van der Waals surface area contributed by atoms with E-state index in [9.17, 15) is 4.79 Å². The Morgan fingerprint density at radius 3 is 2.59 bits per heavy atom. The first-order chi connectivity index (χ1) is 10.3. The van der Waals surface area contributed by atoms with Gasteiger partial charge in [0.2, 0.25) is 0 Å². The largest absolute Gasteiger partial charge is 0.444 e. The summed E-state index contributed by atoms with van der Waals surface area (Å²) >= 11 is 7.45. The average molecular weight is 339 g/mol. The van der Waals surface area contributed by atoms with Crippen LogP contribution in [0.1, 0.15) is 25.6 Å². The molecule has 0 aliphatic rings. The molecule has 4 nitrogen and oxygen atoms in total. The predicted octanol–water partition coefficient (Wildman–Crippen LogP) is 5.36. The van der Waals surface area contributed by atoms with Crippen molar-refractivity contribution >= 4 is 40.4 Å². The highest BCUT2D eigenvalue weighted by Gasteiger charge is 2.16. The monoisotopic (exact) mass is 338 g/mol. The molecule has 1 amide bonds. The van der Waals surface area contributed by atoms with Gasteiger partial charge in [0.15, 0.2) is 0 Å². The van der Waals surface area contributed by atoms with Crippen LogP contribution in [0.2, 0.25) is 4.34 Å². The number of ether oxygens (including phenoxy) is 1. The van der Waals surface area contributed by atoms with Crippen molar-refractivity contribution in [1.29, 1.82) is 0 Å². The van der Waals surface area contributed by atoms with Crippen LogP contribution in [0.3, 0.4) is 0 Å². The maximum atomic E-state index is 11.8. The van der Waals surface area contributed by atoms with Gasteiger partial charge in [-0.3, -0.25) is 5.32 Å². The summed E-state index contributed by atoms with van der Waals surface area (Å²) in [5.74, 6) is 0. The Labute approximate surface area is 139 Å². The number of thiophene rings is 1. The number of benzene rings is 1. The van der Waals surface area contributed by atoms with Crippen molar-refractivity contribution in [2.45, 2.75) is 32.9 Å². The number of carbonyl (C=O) groups excluding carboxylic acids is 1. The van der Waals surface area contributed by atoms with Gasteiger partial charge in [0.05, 0.1) is 4.34 Å². The minimum absolute atomic E-state index is 0.463. The van der Waals surface area contributed by atoms with E-state index >= 15 is 0 Å². The Morgan fingerprint density at radius 2 is 1.95 bits per heavy atom. The summed E-state index contributed by atoms with van der Waals surface area (Å²) in [4.78, 5) is 12.9. The molecule has 0 radical (unpaired) electrons. The topological polar surface area (TPSA) is 50.4 Å². The number of anilines is 2. The van der Waals surface area contributed by atoms with Gasteiger partial charge >= 0.3 is 6.09 Å². The Balaban J connectivity index is 1.93. The second kappa shape index (κ2) is 7.03. The van der Waals surface area contributed by atoms with Crippen LogP contribution in [0, 0.1) is 0 Å². The molecule has 0 aliphatic carbocycles. The lowest BCUT2D eigenvalue weighted by Crippen LogP contribution is -2.27. The lowest BCUT2D eigenvalue weighted by molar-refractivity contribution is 0.0636. The molecule has 0 bridgehead atoms. The van der Waals surface area contributed by atoms with E-state index in [2.05, 4.69) is 10.6 Å². The van der Waals surface area contributed by atoms with Crippen LogP contribution < -0.4 is 10.6 Å². The van der Waals surface area contributed by atoms with Gasteiger partial charge < -0.3 is 10.1 Å². The van der Waals surface area contributed by atoms with E-state index in [1.165, 1.54) is 0 Å². The van der Waals surface area contributed by atoms with Gasteiger partial charge in [-0.1, -0.05) is 17.7 Å². The molecule has 0 saturated carbocycles. The van der Waals surface area contributed by atoms with Crippen molar-refractivity contribution in [3.05, 3.63) is 45.6 Å². The van der Waals surface area contributed by atoms with E-state index in [1.807, 2.05) is 57.2 Å². The minimum atomic E-state index is -0.515. The molecule has 1 heterocycles. The summed E-state index contributed by atoms with van der Waals surface area (Å²) < 4.78 is 6.01. The molecule has 2 rings (SSSR count). The van der Waals surface area contributed by atoms with E-state index < -0.39 is 11.7 Å². The van der Waals surface area contributed by atoms with Crippen molar-refractivity contribution in [2.24, 2.45) is 0 Å². The Hall–Kier alpha value is -1.72. The summed E-state index contributed by atoms with van der Waals surface area (Å²) in [5, 5.41) is 6.02. The van der Waals surface area contributed by atoms with Crippen molar-refractivity contribution in [3.63, 3.8) is 0 Å². The van der Waals surface area contributed by atoms with Crippen LogP contribution in [0.15, 0.2) is 36.4 Å². The molecule has 0 unspecified atom stereocenters. The zero-order chi connectivity index (χ0) is 16.2. The van der Waals surface area contributed by atoms with Gasteiger partial charge in [0.25, 0.3) is 0 Å². The van der Waals surface area contributed by atoms with E-state index in [1.54, 1.807) is 11.3 Å². The number of carbonyl (C=O) groups is 1. The van der Waals surface area contributed by atoms with Crippen LogP contribution in [-0.4, -0.2) is 11.7 Å². The highest BCUT2D eigenvalue weighted by atomic mass is 35.5. The van der Waals surface area contributed by atoms with E-state index in [-0.39, 0.29) is 0 Å². The molecule has 1 aromatic carbocycles. The van der Waals surface area contributed by atoms with Crippen molar-refractivity contribution < 1.29 is 9.53 Å². The molecule has 2 N–H and O–H groups in total. The molecule has 0 saturated heterocycles. The molecule has 6 heteroatoms. The fourth-order valence-electron chi connectivity index (χ4n) is 1.76. The van der Waals surface area contributed by atoms with E-state index in [0.29, 0.717) is 12.2 Å². The van der Waals surface area contributed by atoms with Crippen LogP contribution in [0.5, 0.6) is 0 Å². The van der Waals surface area contributed by atoms with Gasteiger partial charge in [-0.25, -0.2) is 4.79 Å². The second-order valence-corrected chi connectivity index (χ2v) is 7.57. The van der Waals surface area contributed by atoms with Crippen LogP contribution in [-0.2, 0) is 11.3 Å². The zero-order valence-corrected chi connectivity index (χ0v) is 14.3. The Morgan fingerprint density at radius 1 is 1.23 bits per heavy atom.